The van der Waals surface area contributed by atoms with Crippen molar-refractivity contribution < 1.29 is 0 Å². The van der Waals surface area contributed by atoms with Gasteiger partial charge in [0.25, 0.3) is 0 Å². The van der Waals surface area contributed by atoms with Crippen molar-refractivity contribution in [2.75, 3.05) is 5.32 Å². The average molecular weight is 271 g/mol. The molecule has 0 saturated heterocycles. The Morgan fingerprint density at radius 2 is 1.95 bits per heavy atom. The third-order valence-corrected chi connectivity index (χ3v) is 3.20. The molecule has 3 heteroatoms. The zero-order chi connectivity index (χ0) is 13.7. The van der Waals surface area contributed by atoms with Gasteiger partial charge in [0, 0.05) is 6.04 Å². The van der Waals surface area contributed by atoms with Crippen LogP contribution in [0.1, 0.15) is 18.1 Å². The maximum atomic E-state index is 8.80. The van der Waals surface area contributed by atoms with Crippen molar-refractivity contribution >= 4 is 17.3 Å². The second-order valence-electron chi connectivity index (χ2n) is 4.54. The zero-order valence-corrected chi connectivity index (χ0v) is 11.5. The summed E-state index contributed by atoms with van der Waals surface area (Å²) in [4.78, 5) is 0. The predicted molar refractivity (Wildman–Crippen MR) is 79.4 cm³/mol. The van der Waals surface area contributed by atoms with E-state index in [0.717, 1.165) is 12.1 Å². The van der Waals surface area contributed by atoms with Gasteiger partial charge < -0.3 is 5.32 Å². The Morgan fingerprint density at radius 1 is 1.21 bits per heavy atom. The molecule has 1 atom stereocenters. The molecular weight excluding hydrogens is 256 g/mol. The number of nitriles is 1. The summed E-state index contributed by atoms with van der Waals surface area (Å²) < 4.78 is 0. The van der Waals surface area contributed by atoms with E-state index in [4.69, 9.17) is 16.9 Å². The van der Waals surface area contributed by atoms with Crippen LogP contribution in [0.2, 0.25) is 5.02 Å². The summed E-state index contributed by atoms with van der Waals surface area (Å²) >= 11 is 6.14. The molecule has 0 amide bonds. The number of hydrogen-bond acceptors (Lipinski definition) is 2. The van der Waals surface area contributed by atoms with Crippen LogP contribution in [-0.4, -0.2) is 6.04 Å². The molecule has 0 radical (unpaired) electrons. The number of hydrogen-bond donors (Lipinski definition) is 1. The molecule has 19 heavy (non-hydrogen) atoms. The standard InChI is InChI=1S/C16H15ClN2/c1-12(9-13-5-3-2-4-6-13)19-16-8-7-14(11-18)10-15(16)17/h2-8,10,12,19H,9H2,1H3. The molecule has 96 valence electrons. The van der Waals surface area contributed by atoms with Crippen LogP contribution in [0.3, 0.4) is 0 Å². The van der Waals surface area contributed by atoms with Crippen molar-refractivity contribution in [3.05, 3.63) is 64.7 Å². The Morgan fingerprint density at radius 3 is 2.58 bits per heavy atom. The summed E-state index contributed by atoms with van der Waals surface area (Å²) in [5, 5.41) is 12.8. The van der Waals surface area contributed by atoms with Gasteiger partial charge in [0.1, 0.15) is 0 Å². The maximum absolute atomic E-state index is 8.80. The van der Waals surface area contributed by atoms with Gasteiger partial charge >= 0.3 is 0 Å². The highest BCUT2D eigenvalue weighted by molar-refractivity contribution is 6.33. The van der Waals surface area contributed by atoms with Gasteiger partial charge in [0.05, 0.1) is 22.3 Å². The highest BCUT2D eigenvalue weighted by Crippen LogP contribution is 2.24. The minimum Gasteiger partial charge on any atom is -0.381 e. The molecule has 0 spiro atoms. The van der Waals surface area contributed by atoms with Gasteiger partial charge in [-0.1, -0.05) is 41.9 Å². The van der Waals surface area contributed by atoms with Gasteiger partial charge in [0.15, 0.2) is 0 Å². The van der Waals surface area contributed by atoms with Gasteiger partial charge in [-0.05, 0) is 37.1 Å². The highest BCUT2D eigenvalue weighted by atomic mass is 35.5. The summed E-state index contributed by atoms with van der Waals surface area (Å²) in [5.74, 6) is 0. The lowest BCUT2D eigenvalue weighted by atomic mass is 10.1. The minimum absolute atomic E-state index is 0.271. The van der Waals surface area contributed by atoms with E-state index in [1.807, 2.05) is 24.3 Å². The molecule has 0 fully saturated rings. The summed E-state index contributed by atoms with van der Waals surface area (Å²) in [6, 6.07) is 18.0. The fraction of sp³-hybridized carbons (Fsp3) is 0.188. The number of nitrogens with one attached hydrogen (secondary N) is 1. The van der Waals surface area contributed by atoms with E-state index < -0.39 is 0 Å². The second-order valence-corrected chi connectivity index (χ2v) is 4.95. The highest BCUT2D eigenvalue weighted by Gasteiger charge is 2.07. The van der Waals surface area contributed by atoms with Crippen molar-refractivity contribution in [2.24, 2.45) is 0 Å². The van der Waals surface area contributed by atoms with Crippen LogP contribution in [0.15, 0.2) is 48.5 Å². The summed E-state index contributed by atoms with van der Waals surface area (Å²) in [6.45, 7) is 2.11. The van der Waals surface area contributed by atoms with Crippen LogP contribution in [0.25, 0.3) is 0 Å². The van der Waals surface area contributed by atoms with Crippen LogP contribution in [0, 0.1) is 11.3 Å². The molecule has 0 heterocycles. The summed E-state index contributed by atoms with van der Waals surface area (Å²) in [5.41, 5.74) is 2.72. The fourth-order valence-corrected chi connectivity index (χ4v) is 2.22. The van der Waals surface area contributed by atoms with Crippen molar-refractivity contribution in [3.63, 3.8) is 0 Å². The molecule has 2 nitrogen and oxygen atoms in total. The van der Waals surface area contributed by atoms with Crippen molar-refractivity contribution in [1.82, 2.24) is 0 Å². The molecule has 2 aromatic carbocycles. The Balaban J connectivity index is 2.03. The lowest BCUT2D eigenvalue weighted by molar-refractivity contribution is 0.790. The molecule has 0 aromatic heterocycles. The number of halogens is 1. The van der Waals surface area contributed by atoms with Crippen LogP contribution in [-0.2, 0) is 6.42 Å². The summed E-state index contributed by atoms with van der Waals surface area (Å²) in [7, 11) is 0. The van der Waals surface area contributed by atoms with Crippen molar-refractivity contribution in [1.29, 1.82) is 5.26 Å². The second kappa shape index (κ2) is 6.26. The van der Waals surface area contributed by atoms with E-state index >= 15 is 0 Å². The fourth-order valence-electron chi connectivity index (χ4n) is 1.99. The normalized spacial score (nSPS) is 11.6. The first-order valence-electron chi connectivity index (χ1n) is 6.19. The lowest BCUT2D eigenvalue weighted by Crippen LogP contribution is -2.18. The number of benzene rings is 2. The zero-order valence-electron chi connectivity index (χ0n) is 10.7. The molecular formula is C16H15ClN2. The number of anilines is 1. The van der Waals surface area contributed by atoms with E-state index in [2.05, 4.69) is 30.4 Å². The Labute approximate surface area is 118 Å². The lowest BCUT2D eigenvalue weighted by Gasteiger charge is -2.16. The van der Waals surface area contributed by atoms with E-state index in [9.17, 15) is 0 Å². The first-order valence-corrected chi connectivity index (χ1v) is 6.57. The van der Waals surface area contributed by atoms with Crippen LogP contribution >= 0.6 is 11.6 Å². The Bertz CT molecular complexity index is 587. The first kappa shape index (κ1) is 13.5. The molecule has 0 saturated carbocycles. The van der Waals surface area contributed by atoms with E-state index in [0.29, 0.717) is 10.6 Å². The quantitative estimate of drug-likeness (QED) is 0.901. The third-order valence-electron chi connectivity index (χ3n) is 2.88. The predicted octanol–water partition coefficient (Wildman–Crippen LogP) is 4.25. The molecule has 0 bridgehead atoms. The smallest absolute Gasteiger partial charge is 0.0992 e. The molecule has 0 aliphatic carbocycles. The third kappa shape index (κ3) is 3.74. The average Bonchev–Trinajstić information content (AvgIpc) is 2.42. The maximum Gasteiger partial charge on any atom is 0.0992 e. The van der Waals surface area contributed by atoms with Gasteiger partial charge in [-0.15, -0.1) is 0 Å². The van der Waals surface area contributed by atoms with Crippen molar-refractivity contribution in [3.8, 4) is 6.07 Å². The molecule has 1 unspecified atom stereocenters. The Kier molecular flexibility index (Phi) is 4.43. The van der Waals surface area contributed by atoms with Crippen LogP contribution < -0.4 is 5.32 Å². The summed E-state index contributed by atoms with van der Waals surface area (Å²) in [6.07, 6.45) is 0.928. The molecule has 2 rings (SSSR count). The monoisotopic (exact) mass is 270 g/mol. The molecule has 1 N–H and O–H groups in total. The van der Waals surface area contributed by atoms with Gasteiger partial charge in [0.2, 0.25) is 0 Å². The van der Waals surface area contributed by atoms with Gasteiger partial charge in [-0.2, -0.15) is 5.26 Å². The number of nitrogens with zero attached hydrogens (tertiary/aromatic N) is 1. The topological polar surface area (TPSA) is 35.8 Å². The van der Waals surface area contributed by atoms with Crippen LogP contribution in [0.5, 0.6) is 0 Å². The minimum atomic E-state index is 0.271. The number of rotatable bonds is 4. The Hall–Kier alpha value is -1.98. The largest absolute Gasteiger partial charge is 0.381 e. The SMILES string of the molecule is CC(Cc1ccccc1)Nc1ccc(C#N)cc1Cl. The first-order chi connectivity index (χ1) is 9.19. The van der Waals surface area contributed by atoms with Gasteiger partial charge in [-0.25, -0.2) is 0 Å². The van der Waals surface area contributed by atoms with E-state index in [1.165, 1.54) is 5.56 Å². The van der Waals surface area contributed by atoms with Gasteiger partial charge in [-0.3, -0.25) is 0 Å². The van der Waals surface area contributed by atoms with E-state index in [-0.39, 0.29) is 6.04 Å². The van der Waals surface area contributed by atoms with Crippen molar-refractivity contribution in [2.45, 2.75) is 19.4 Å². The van der Waals surface area contributed by atoms with Crippen LogP contribution in [0.4, 0.5) is 5.69 Å². The van der Waals surface area contributed by atoms with E-state index in [1.54, 1.807) is 12.1 Å². The molecule has 0 aliphatic rings. The molecule has 0 aliphatic heterocycles. The molecule has 2 aromatic rings.